The van der Waals surface area contributed by atoms with Crippen molar-refractivity contribution in [1.82, 2.24) is 0 Å². The molecule has 2 nitrogen and oxygen atoms in total. The van der Waals surface area contributed by atoms with E-state index in [2.05, 4.69) is 45.7 Å². The van der Waals surface area contributed by atoms with Crippen molar-refractivity contribution in [2.45, 2.75) is 39.5 Å². The second kappa shape index (κ2) is 8.22. The molecule has 1 atom stereocenters. The van der Waals surface area contributed by atoms with Gasteiger partial charge in [-0.15, -0.1) is 22.7 Å². The molecule has 0 amide bonds. The summed E-state index contributed by atoms with van der Waals surface area (Å²) < 4.78 is 22.0. The predicted octanol–water partition coefficient (Wildman–Crippen LogP) is 7.00. The molecule has 1 unspecified atom stereocenters. The summed E-state index contributed by atoms with van der Waals surface area (Å²) in [4.78, 5) is 12.2. The van der Waals surface area contributed by atoms with Gasteiger partial charge in [0, 0.05) is 0 Å². The lowest BCUT2D eigenvalue weighted by molar-refractivity contribution is 0.0429. The van der Waals surface area contributed by atoms with Crippen molar-refractivity contribution in [3.8, 4) is 0 Å². The number of hydrogen-bond acceptors (Lipinski definition) is 4. The molecule has 0 aliphatic heterocycles. The van der Waals surface area contributed by atoms with E-state index < -0.39 is 11.8 Å². The van der Waals surface area contributed by atoms with Crippen LogP contribution in [0.25, 0.3) is 10.1 Å². The van der Waals surface area contributed by atoms with E-state index >= 15 is 0 Å². The molecule has 0 saturated carbocycles. The minimum absolute atomic E-state index is 0.0598. The fourth-order valence-corrected chi connectivity index (χ4v) is 6.63. The number of unbranched alkanes of at least 4 members (excludes halogenated alkanes) is 1. The number of ether oxygens (including phenoxy) is 1. The predicted molar refractivity (Wildman–Crippen MR) is 98.6 cm³/mol. The highest BCUT2D eigenvalue weighted by molar-refractivity contribution is 9.12. The first-order valence-corrected chi connectivity index (χ1v) is 10.4. The minimum Gasteiger partial charge on any atom is -0.461 e. The largest absolute Gasteiger partial charge is 0.461 e. The van der Waals surface area contributed by atoms with E-state index in [0.717, 1.165) is 45.5 Å². The van der Waals surface area contributed by atoms with E-state index in [0.29, 0.717) is 21.7 Å². The van der Waals surface area contributed by atoms with Crippen LogP contribution >= 0.6 is 54.5 Å². The molecule has 2 aromatic rings. The number of carbonyl (C=O) groups excluding carboxylic acids is 1. The SMILES string of the molecule is CCCCC(CC)COC(=O)c1sc2c(Br)sc(Br)c2c1F. The van der Waals surface area contributed by atoms with Crippen molar-refractivity contribution >= 4 is 70.6 Å². The van der Waals surface area contributed by atoms with Gasteiger partial charge >= 0.3 is 5.97 Å². The number of carbonyl (C=O) groups is 1. The normalized spacial score (nSPS) is 12.8. The third-order valence-corrected chi connectivity index (χ3v) is 7.67. The zero-order valence-electron chi connectivity index (χ0n) is 12.4. The molecule has 0 fully saturated rings. The van der Waals surface area contributed by atoms with Crippen LogP contribution in [0.15, 0.2) is 7.57 Å². The van der Waals surface area contributed by atoms with Crippen LogP contribution in [0.2, 0.25) is 0 Å². The topological polar surface area (TPSA) is 26.3 Å². The maximum atomic E-state index is 14.4. The maximum absolute atomic E-state index is 14.4. The van der Waals surface area contributed by atoms with E-state index in [9.17, 15) is 9.18 Å². The number of rotatable bonds is 7. The summed E-state index contributed by atoms with van der Waals surface area (Å²) in [5.74, 6) is -0.691. The van der Waals surface area contributed by atoms with Crippen LogP contribution in [0.4, 0.5) is 4.39 Å². The lowest BCUT2D eigenvalue weighted by Gasteiger charge is -2.14. The number of esters is 1. The Morgan fingerprint density at radius 3 is 2.59 bits per heavy atom. The average molecular weight is 472 g/mol. The molecule has 0 saturated heterocycles. The smallest absolute Gasteiger partial charge is 0.351 e. The lowest BCUT2D eigenvalue weighted by Crippen LogP contribution is -2.14. The number of thiophene rings is 2. The van der Waals surface area contributed by atoms with E-state index in [-0.39, 0.29) is 4.88 Å². The molecule has 0 N–H and O–H groups in total. The summed E-state index contributed by atoms with van der Waals surface area (Å²) in [7, 11) is 0. The Morgan fingerprint density at radius 1 is 1.27 bits per heavy atom. The second-order valence-corrected chi connectivity index (χ2v) is 9.79. The van der Waals surface area contributed by atoms with Gasteiger partial charge in [-0.1, -0.05) is 33.1 Å². The number of halogens is 3. The molecule has 2 rings (SSSR count). The molecule has 2 heterocycles. The van der Waals surface area contributed by atoms with Gasteiger partial charge < -0.3 is 4.74 Å². The van der Waals surface area contributed by atoms with Crippen molar-refractivity contribution in [3.63, 3.8) is 0 Å². The van der Waals surface area contributed by atoms with Gasteiger partial charge in [-0.2, -0.15) is 0 Å². The minimum atomic E-state index is -0.558. The molecule has 7 heteroatoms. The summed E-state index contributed by atoms with van der Waals surface area (Å²) in [5, 5.41) is 0.465. The molecular weight excluding hydrogens is 455 g/mol. The van der Waals surface area contributed by atoms with Gasteiger partial charge in [0.25, 0.3) is 0 Å². The standard InChI is InChI=1S/C15H17Br2FO2S2/c1-3-5-6-8(4-2)7-20-15(19)12-10(18)9-11(21-12)14(17)22-13(9)16/h8H,3-7H2,1-2H3. The molecule has 0 aliphatic rings. The van der Waals surface area contributed by atoms with Crippen molar-refractivity contribution in [2.75, 3.05) is 6.61 Å². The molecular formula is C15H17Br2FO2S2. The zero-order chi connectivity index (χ0) is 16.3. The summed E-state index contributed by atoms with van der Waals surface area (Å²) >= 11 is 9.28. The van der Waals surface area contributed by atoms with Crippen LogP contribution in [0.1, 0.15) is 49.2 Å². The quantitative estimate of drug-likeness (QED) is 0.406. The second-order valence-electron chi connectivity index (χ2n) is 5.11. The highest BCUT2D eigenvalue weighted by atomic mass is 79.9. The van der Waals surface area contributed by atoms with E-state index in [1.165, 1.54) is 11.3 Å². The van der Waals surface area contributed by atoms with Crippen molar-refractivity contribution in [2.24, 2.45) is 5.92 Å². The number of fused-ring (bicyclic) bond motifs is 1. The van der Waals surface area contributed by atoms with Gasteiger partial charge in [0.2, 0.25) is 0 Å². The maximum Gasteiger partial charge on any atom is 0.351 e. The van der Waals surface area contributed by atoms with Gasteiger partial charge in [0.15, 0.2) is 5.82 Å². The first-order chi connectivity index (χ1) is 10.5. The van der Waals surface area contributed by atoms with Crippen LogP contribution in [0.5, 0.6) is 0 Å². The van der Waals surface area contributed by atoms with Gasteiger partial charge in [0.1, 0.15) is 4.88 Å². The Hall–Kier alpha value is 0.0200. The van der Waals surface area contributed by atoms with Crippen molar-refractivity contribution in [1.29, 1.82) is 0 Å². The van der Waals surface area contributed by atoms with Crippen LogP contribution in [0.3, 0.4) is 0 Å². The Kier molecular flexibility index (Phi) is 6.86. The van der Waals surface area contributed by atoms with Crippen molar-refractivity contribution < 1.29 is 13.9 Å². The fraction of sp³-hybridized carbons (Fsp3) is 0.533. The van der Waals surface area contributed by atoms with E-state index in [1.54, 1.807) is 0 Å². The first kappa shape index (κ1) is 18.4. The Labute approximate surface area is 154 Å². The Morgan fingerprint density at radius 2 is 2.00 bits per heavy atom. The van der Waals surface area contributed by atoms with Crippen molar-refractivity contribution in [3.05, 3.63) is 18.3 Å². The van der Waals surface area contributed by atoms with Gasteiger partial charge in [0.05, 0.1) is 24.3 Å². The highest BCUT2D eigenvalue weighted by Crippen LogP contribution is 2.45. The monoisotopic (exact) mass is 470 g/mol. The van der Waals surface area contributed by atoms with Crippen LogP contribution in [-0.2, 0) is 4.74 Å². The molecule has 122 valence electrons. The van der Waals surface area contributed by atoms with E-state index in [1.807, 2.05) is 0 Å². The fourth-order valence-electron chi connectivity index (χ4n) is 2.19. The lowest BCUT2D eigenvalue weighted by atomic mass is 10.0. The number of hydrogen-bond donors (Lipinski definition) is 0. The van der Waals surface area contributed by atoms with Crippen LogP contribution in [0, 0.1) is 11.7 Å². The van der Waals surface area contributed by atoms with Crippen LogP contribution < -0.4 is 0 Å². The Bertz CT molecular complexity index is 666. The summed E-state index contributed by atoms with van der Waals surface area (Å²) in [6, 6.07) is 0. The molecule has 22 heavy (non-hydrogen) atoms. The molecule has 0 radical (unpaired) electrons. The zero-order valence-corrected chi connectivity index (χ0v) is 17.2. The molecule has 2 aromatic heterocycles. The third kappa shape index (κ3) is 3.91. The van der Waals surface area contributed by atoms with E-state index in [4.69, 9.17) is 4.74 Å². The first-order valence-electron chi connectivity index (χ1n) is 7.22. The van der Waals surface area contributed by atoms with Gasteiger partial charge in [-0.3, -0.25) is 0 Å². The Balaban J connectivity index is 2.10. The van der Waals surface area contributed by atoms with Gasteiger partial charge in [-0.05, 0) is 44.2 Å². The summed E-state index contributed by atoms with van der Waals surface area (Å²) in [6.07, 6.45) is 4.26. The molecule has 0 bridgehead atoms. The summed E-state index contributed by atoms with van der Waals surface area (Å²) in [6.45, 7) is 4.59. The van der Waals surface area contributed by atoms with Crippen LogP contribution in [-0.4, -0.2) is 12.6 Å². The third-order valence-electron chi connectivity index (χ3n) is 3.58. The van der Waals surface area contributed by atoms with Gasteiger partial charge in [-0.25, -0.2) is 9.18 Å². The summed E-state index contributed by atoms with van der Waals surface area (Å²) in [5.41, 5.74) is 0. The average Bonchev–Trinajstić information content (AvgIpc) is 2.98. The molecule has 0 aromatic carbocycles. The molecule has 0 aliphatic carbocycles. The highest BCUT2D eigenvalue weighted by Gasteiger charge is 2.25. The molecule has 0 spiro atoms.